The molecule has 1 unspecified atom stereocenters. The fraction of sp³-hybridized carbons (Fsp3) is 0.650. The minimum Gasteiger partial charge on any atom is -0.337 e. The van der Waals surface area contributed by atoms with Crippen molar-refractivity contribution in [1.82, 2.24) is 15.0 Å². The normalized spacial score (nSPS) is 21.4. The molecule has 26 heavy (non-hydrogen) atoms. The summed E-state index contributed by atoms with van der Waals surface area (Å²) < 4.78 is 5.56. The third kappa shape index (κ3) is 3.47. The first-order chi connectivity index (χ1) is 12.3. The van der Waals surface area contributed by atoms with Gasteiger partial charge in [0.25, 0.3) is 11.6 Å². The van der Waals surface area contributed by atoms with Crippen LogP contribution >= 0.6 is 0 Å². The molecule has 2 fully saturated rings. The molecule has 1 aliphatic carbocycles. The molecule has 6 heteroatoms. The molecule has 0 aromatic carbocycles. The first kappa shape index (κ1) is 17.5. The summed E-state index contributed by atoms with van der Waals surface area (Å²) in [6, 6.07) is 2.04. The molecule has 1 saturated heterocycles. The number of hydrogen-bond donors (Lipinski definition) is 1. The van der Waals surface area contributed by atoms with Crippen molar-refractivity contribution in [3.63, 3.8) is 0 Å². The zero-order valence-corrected chi connectivity index (χ0v) is 15.9. The summed E-state index contributed by atoms with van der Waals surface area (Å²) in [7, 11) is 0. The van der Waals surface area contributed by atoms with E-state index in [1.807, 2.05) is 11.0 Å². The summed E-state index contributed by atoms with van der Waals surface area (Å²) in [4.78, 5) is 19.9. The molecule has 140 valence electrons. The molecule has 0 bridgehead atoms. The highest BCUT2D eigenvalue weighted by Gasteiger charge is 2.32. The van der Waals surface area contributed by atoms with E-state index in [1.54, 1.807) is 0 Å². The Morgan fingerprint density at radius 3 is 2.77 bits per heavy atom. The average Bonchev–Trinajstić information content (AvgIpc) is 3.35. The summed E-state index contributed by atoms with van der Waals surface area (Å²) in [5.74, 6) is 0.485. The van der Waals surface area contributed by atoms with E-state index in [-0.39, 0.29) is 17.4 Å². The smallest absolute Gasteiger partial charge is 0.259 e. The molecule has 4 rings (SSSR count). The highest BCUT2D eigenvalue weighted by molar-refractivity contribution is 6.06. The first-order valence-electron chi connectivity index (χ1n) is 9.66. The quantitative estimate of drug-likeness (QED) is 0.912. The molecule has 0 spiro atoms. The van der Waals surface area contributed by atoms with Gasteiger partial charge in [0.1, 0.15) is 0 Å². The number of pyridine rings is 1. The number of carbonyl (C=O) groups is 1. The topological polar surface area (TPSA) is 85.2 Å². The van der Waals surface area contributed by atoms with Gasteiger partial charge in [-0.3, -0.25) is 4.79 Å². The Hall–Kier alpha value is -1.95. The van der Waals surface area contributed by atoms with Crippen molar-refractivity contribution in [3.8, 4) is 0 Å². The number of rotatable bonds is 3. The Morgan fingerprint density at radius 2 is 2.12 bits per heavy atom. The molecule has 1 atom stereocenters. The van der Waals surface area contributed by atoms with Gasteiger partial charge in [0.15, 0.2) is 0 Å². The number of nitrogens with two attached hydrogens (primary N) is 1. The van der Waals surface area contributed by atoms with Crippen molar-refractivity contribution in [2.24, 2.45) is 11.1 Å². The highest BCUT2D eigenvalue weighted by Crippen LogP contribution is 2.41. The molecule has 1 saturated carbocycles. The van der Waals surface area contributed by atoms with E-state index in [9.17, 15) is 4.79 Å². The maximum absolute atomic E-state index is 13.3. The van der Waals surface area contributed by atoms with Gasteiger partial charge in [0.05, 0.1) is 16.6 Å². The molecular weight excluding hydrogens is 328 g/mol. The predicted octanol–water partition coefficient (Wildman–Crippen LogP) is 3.25. The van der Waals surface area contributed by atoms with E-state index >= 15 is 0 Å². The lowest BCUT2D eigenvalue weighted by atomic mass is 9.89. The van der Waals surface area contributed by atoms with Crippen LogP contribution in [0.5, 0.6) is 0 Å². The summed E-state index contributed by atoms with van der Waals surface area (Å²) >= 11 is 0. The van der Waals surface area contributed by atoms with Crippen molar-refractivity contribution in [2.45, 2.75) is 64.8 Å². The van der Waals surface area contributed by atoms with Crippen LogP contribution in [0.1, 0.15) is 74.1 Å². The minimum atomic E-state index is 0.0350. The Morgan fingerprint density at radius 1 is 1.35 bits per heavy atom. The summed E-state index contributed by atoms with van der Waals surface area (Å²) in [6.07, 6.45) is 4.93. The second-order valence-corrected chi connectivity index (χ2v) is 9.07. The Labute approximate surface area is 154 Å². The van der Waals surface area contributed by atoms with E-state index in [1.165, 1.54) is 0 Å². The molecule has 1 amide bonds. The molecule has 2 aliphatic rings. The van der Waals surface area contributed by atoms with Gasteiger partial charge in [-0.25, -0.2) is 4.98 Å². The van der Waals surface area contributed by atoms with Crippen molar-refractivity contribution >= 4 is 17.0 Å². The molecule has 2 N–H and O–H groups in total. The van der Waals surface area contributed by atoms with Gasteiger partial charge in [-0.1, -0.05) is 25.9 Å². The minimum absolute atomic E-state index is 0.0350. The summed E-state index contributed by atoms with van der Waals surface area (Å²) in [5, 5.41) is 5.06. The monoisotopic (exact) mass is 356 g/mol. The Kier molecular flexibility index (Phi) is 4.26. The maximum Gasteiger partial charge on any atom is 0.259 e. The van der Waals surface area contributed by atoms with Crippen LogP contribution in [-0.4, -0.2) is 40.1 Å². The number of amides is 1. The summed E-state index contributed by atoms with van der Waals surface area (Å²) in [5.41, 5.74) is 9.12. The molecule has 3 heterocycles. The third-order valence-corrected chi connectivity index (χ3v) is 5.21. The van der Waals surface area contributed by atoms with Crippen LogP contribution in [-0.2, 0) is 6.42 Å². The van der Waals surface area contributed by atoms with Crippen molar-refractivity contribution in [1.29, 1.82) is 0 Å². The molecule has 6 nitrogen and oxygen atoms in total. The van der Waals surface area contributed by atoms with Gasteiger partial charge in [0, 0.05) is 30.7 Å². The van der Waals surface area contributed by atoms with Crippen LogP contribution in [0.3, 0.4) is 0 Å². The van der Waals surface area contributed by atoms with Gasteiger partial charge in [-0.2, -0.15) is 0 Å². The second kappa shape index (κ2) is 6.34. The van der Waals surface area contributed by atoms with Crippen molar-refractivity contribution < 1.29 is 9.32 Å². The zero-order valence-electron chi connectivity index (χ0n) is 15.9. The van der Waals surface area contributed by atoms with Crippen LogP contribution in [0.15, 0.2) is 10.6 Å². The number of nitrogens with zero attached hydrogens (tertiary/aromatic N) is 3. The number of hydrogen-bond acceptors (Lipinski definition) is 5. The van der Waals surface area contributed by atoms with Crippen LogP contribution in [0.4, 0.5) is 0 Å². The molecule has 2 aromatic heterocycles. The van der Waals surface area contributed by atoms with Crippen LogP contribution < -0.4 is 5.73 Å². The lowest BCUT2D eigenvalue weighted by Crippen LogP contribution is -2.45. The summed E-state index contributed by atoms with van der Waals surface area (Å²) in [6.45, 7) is 7.84. The van der Waals surface area contributed by atoms with E-state index in [0.29, 0.717) is 23.7 Å². The largest absolute Gasteiger partial charge is 0.337 e. The van der Waals surface area contributed by atoms with Gasteiger partial charge < -0.3 is 15.2 Å². The Balaban J connectivity index is 1.79. The number of aromatic nitrogens is 2. The SMILES string of the molecule is CC(C)(C)Cc1noc2nc(C3CC3)cc(C(=O)N3CCCC(N)C3)c12. The van der Waals surface area contributed by atoms with Gasteiger partial charge in [-0.15, -0.1) is 0 Å². The molecule has 1 aliphatic heterocycles. The van der Waals surface area contributed by atoms with E-state index in [2.05, 4.69) is 30.9 Å². The van der Waals surface area contributed by atoms with E-state index < -0.39 is 0 Å². The van der Waals surface area contributed by atoms with Gasteiger partial charge in [-0.05, 0) is 43.6 Å². The number of likely N-dealkylation sites (tertiary alicyclic amines) is 1. The lowest BCUT2D eigenvalue weighted by Gasteiger charge is -2.31. The highest BCUT2D eigenvalue weighted by atomic mass is 16.5. The second-order valence-electron chi connectivity index (χ2n) is 9.07. The first-order valence-corrected chi connectivity index (χ1v) is 9.66. The van der Waals surface area contributed by atoms with Crippen LogP contribution in [0.2, 0.25) is 0 Å². The average molecular weight is 356 g/mol. The van der Waals surface area contributed by atoms with Crippen molar-refractivity contribution in [2.75, 3.05) is 13.1 Å². The van der Waals surface area contributed by atoms with E-state index in [0.717, 1.165) is 55.4 Å². The van der Waals surface area contributed by atoms with Crippen LogP contribution in [0.25, 0.3) is 11.1 Å². The van der Waals surface area contributed by atoms with Gasteiger partial charge >= 0.3 is 0 Å². The number of fused-ring (bicyclic) bond motifs is 1. The zero-order chi connectivity index (χ0) is 18.5. The molecule has 2 aromatic rings. The lowest BCUT2D eigenvalue weighted by molar-refractivity contribution is 0.0710. The molecule has 0 radical (unpaired) electrons. The number of piperidine rings is 1. The van der Waals surface area contributed by atoms with Crippen molar-refractivity contribution in [3.05, 3.63) is 23.0 Å². The van der Waals surface area contributed by atoms with Gasteiger partial charge in [0.2, 0.25) is 0 Å². The predicted molar refractivity (Wildman–Crippen MR) is 100 cm³/mol. The molecular formula is C20H28N4O2. The van der Waals surface area contributed by atoms with E-state index in [4.69, 9.17) is 10.3 Å². The Bertz CT molecular complexity index is 832. The maximum atomic E-state index is 13.3. The van der Waals surface area contributed by atoms with Crippen LogP contribution in [0, 0.1) is 5.41 Å². The number of carbonyl (C=O) groups excluding carboxylic acids is 1. The fourth-order valence-electron chi connectivity index (χ4n) is 3.77. The third-order valence-electron chi connectivity index (χ3n) is 5.21. The fourth-order valence-corrected chi connectivity index (χ4v) is 3.77. The standard InChI is InChI=1S/C20H28N4O2/c1-20(2,3)10-16-17-14(19(25)24-8-4-5-13(21)11-24)9-15(12-6-7-12)22-18(17)26-23-16/h9,12-13H,4-8,10-11,21H2,1-3H3.